The van der Waals surface area contributed by atoms with Gasteiger partial charge in [-0.3, -0.25) is 0 Å². The van der Waals surface area contributed by atoms with Gasteiger partial charge in [-0.1, -0.05) is 25.3 Å². The third-order valence-corrected chi connectivity index (χ3v) is 9.37. The summed E-state index contributed by atoms with van der Waals surface area (Å²) in [6.07, 6.45) is 12.8. The van der Waals surface area contributed by atoms with Gasteiger partial charge in [-0.05, 0) is 85.5 Å². The highest BCUT2D eigenvalue weighted by Gasteiger charge is 2.35. The number of benzene rings is 1. The second-order valence-electron chi connectivity index (χ2n) is 9.86. The lowest BCUT2D eigenvalue weighted by molar-refractivity contribution is 0.431. The fraction of sp³-hybridized carbons (Fsp3) is 0.652. The quantitative estimate of drug-likeness (QED) is 0.683. The number of anilines is 2. The second kappa shape index (κ2) is 7.59. The van der Waals surface area contributed by atoms with Crippen molar-refractivity contribution < 1.29 is 8.42 Å². The van der Waals surface area contributed by atoms with Gasteiger partial charge in [0.15, 0.2) is 0 Å². The van der Waals surface area contributed by atoms with Gasteiger partial charge >= 0.3 is 0 Å². The molecule has 7 nitrogen and oxygen atoms in total. The number of hydrogen-bond acceptors (Lipinski definition) is 5. The first-order valence-corrected chi connectivity index (χ1v) is 13.4. The van der Waals surface area contributed by atoms with Crippen molar-refractivity contribution in [3.63, 3.8) is 0 Å². The van der Waals surface area contributed by atoms with Gasteiger partial charge in [-0.15, -0.1) is 5.10 Å². The van der Waals surface area contributed by atoms with Crippen LogP contribution in [-0.4, -0.2) is 41.0 Å². The monoisotopic (exact) mass is 441 g/mol. The molecule has 1 atom stereocenters. The molecule has 1 aromatic carbocycles. The maximum Gasteiger partial charge on any atom is 0.278 e. The number of nitrogens with zero attached hydrogens (tertiary/aromatic N) is 3. The molecule has 0 unspecified atom stereocenters. The van der Waals surface area contributed by atoms with E-state index in [1.54, 1.807) is 4.31 Å². The molecule has 0 bridgehead atoms. The van der Waals surface area contributed by atoms with E-state index in [4.69, 9.17) is 0 Å². The van der Waals surface area contributed by atoms with Crippen molar-refractivity contribution in [3.8, 4) is 0 Å². The van der Waals surface area contributed by atoms with Gasteiger partial charge in [0.25, 0.3) is 15.2 Å². The molecule has 0 radical (unpaired) electrons. The Hall–Kier alpha value is -1.93. The number of fused-ring (bicyclic) bond motifs is 2. The predicted octanol–water partition coefficient (Wildman–Crippen LogP) is 3.73. The van der Waals surface area contributed by atoms with E-state index in [2.05, 4.69) is 26.6 Å². The van der Waals surface area contributed by atoms with E-state index in [1.807, 2.05) is 0 Å². The molecule has 1 saturated carbocycles. The summed E-state index contributed by atoms with van der Waals surface area (Å²) < 4.78 is 27.9. The number of sulfonamides is 1. The van der Waals surface area contributed by atoms with Crippen LogP contribution in [0, 0.1) is 11.8 Å². The highest BCUT2D eigenvalue weighted by molar-refractivity contribution is 7.89. The van der Waals surface area contributed by atoms with Gasteiger partial charge in [0.05, 0.1) is 0 Å². The molecule has 1 aromatic heterocycles. The number of aromatic nitrogens is 3. The largest absolute Gasteiger partial charge is 0.322 e. The van der Waals surface area contributed by atoms with E-state index in [0.717, 1.165) is 50.1 Å². The van der Waals surface area contributed by atoms with Crippen LogP contribution >= 0.6 is 0 Å². The molecule has 6 rings (SSSR count). The summed E-state index contributed by atoms with van der Waals surface area (Å²) >= 11 is 0. The first kappa shape index (κ1) is 19.7. The lowest BCUT2D eigenvalue weighted by Gasteiger charge is -2.15. The Morgan fingerprint density at radius 2 is 1.71 bits per heavy atom. The fourth-order valence-electron chi connectivity index (χ4n) is 5.75. The minimum absolute atomic E-state index is 0.0398. The van der Waals surface area contributed by atoms with E-state index in [1.165, 1.54) is 54.4 Å². The van der Waals surface area contributed by atoms with E-state index in [0.29, 0.717) is 25.0 Å². The molecular formula is C23H31N5O2S. The van der Waals surface area contributed by atoms with E-state index >= 15 is 0 Å². The van der Waals surface area contributed by atoms with Crippen molar-refractivity contribution in [3.05, 3.63) is 28.3 Å². The van der Waals surface area contributed by atoms with Crippen molar-refractivity contribution in [2.45, 2.75) is 75.8 Å². The Morgan fingerprint density at radius 1 is 1.00 bits per heavy atom. The molecule has 1 aliphatic heterocycles. The number of rotatable bonds is 7. The van der Waals surface area contributed by atoms with Gasteiger partial charge in [0, 0.05) is 18.8 Å². The van der Waals surface area contributed by atoms with Gasteiger partial charge < -0.3 is 5.32 Å². The predicted molar refractivity (Wildman–Crippen MR) is 119 cm³/mol. The maximum absolute atomic E-state index is 13.1. The molecule has 4 aliphatic rings. The summed E-state index contributed by atoms with van der Waals surface area (Å²) in [6.45, 7) is 1.19. The third kappa shape index (κ3) is 3.67. The number of hydrogen-bond donors (Lipinski definition) is 2. The van der Waals surface area contributed by atoms with Crippen LogP contribution in [0.25, 0.3) is 0 Å². The van der Waals surface area contributed by atoms with Crippen molar-refractivity contribution in [2.24, 2.45) is 11.8 Å². The molecule has 1 saturated heterocycles. The summed E-state index contributed by atoms with van der Waals surface area (Å²) in [6, 6.07) is 2.39. The van der Waals surface area contributed by atoms with E-state index in [-0.39, 0.29) is 5.16 Å². The Morgan fingerprint density at radius 3 is 2.42 bits per heavy atom. The van der Waals surface area contributed by atoms with Crippen LogP contribution in [0.1, 0.15) is 67.2 Å². The number of aryl methyl sites for hydroxylation is 2. The molecule has 2 aromatic rings. The van der Waals surface area contributed by atoms with Crippen molar-refractivity contribution >= 4 is 21.7 Å². The Balaban J connectivity index is 1.20. The smallest absolute Gasteiger partial charge is 0.278 e. The molecule has 0 amide bonds. The SMILES string of the molecule is O=S(=O)(c1nc(Nc2c3c(cc4c2CCC4)CCC3)n[nH]1)N1CC[C@H](CCC2CC2)C1. The summed E-state index contributed by atoms with van der Waals surface area (Å²) in [5, 5.41) is 10.3. The van der Waals surface area contributed by atoms with Crippen molar-refractivity contribution in [1.82, 2.24) is 19.5 Å². The zero-order valence-electron chi connectivity index (χ0n) is 18.0. The molecule has 166 valence electrons. The molecule has 2 fully saturated rings. The van der Waals surface area contributed by atoms with E-state index in [9.17, 15) is 8.42 Å². The number of H-pyrrole nitrogens is 1. The summed E-state index contributed by atoms with van der Waals surface area (Å²) in [5.74, 6) is 1.73. The summed E-state index contributed by atoms with van der Waals surface area (Å²) in [4.78, 5) is 4.37. The zero-order chi connectivity index (χ0) is 21.0. The molecular weight excluding hydrogens is 410 g/mol. The van der Waals surface area contributed by atoms with Crippen LogP contribution in [0.4, 0.5) is 11.6 Å². The Bertz CT molecular complexity index is 1070. The van der Waals surface area contributed by atoms with Crippen LogP contribution in [0.15, 0.2) is 11.2 Å². The third-order valence-electron chi connectivity index (χ3n) is 7.69. The average Bonchev–Trinajstić information content (AvgIpc) is 3.26. The summed E-state index contributed by atoms with van der Waals surface area (Å²) in [7, 11) is -3.62. The minimum atomic E-state index is -3.62. The van der Waals surface area contributed by atoms with Crippen molar-refractivity contribution in [2.75, 3.05) is 18.4 Å². The molecule has 3 aliphatic carbocycles. The van der Waals surface area contributed by atoms with Crippen molar-refractivity contribution in [1.29, 1.82) is 0 Å². The second-order valence-corrected chi connectivity index (χ2v) is 11.7. The Kier molecular flexibility index (Phi) is 4.83. The van der Waals surface area contributed by atoms with Gasteiger partial charge in [-0.2, -0.15) is 9.29 Å². The molecule has 2 N–H and O–H groups in total. The summed E-state index contributed by atoms with van der Waals surface area (Å²) in [5.41, 5.74) is 6.73. The lowest BCUT2D eigenvalue weighted by Crippen LogP contribution is -2.29. The molecule has 2 heterocycles. The van der Waals surface area contributed by atoms with Gasteiger partial charge in [-0.25, -0.2) is 13.5 Å². The van der Waals surface area contributed by atoms with Crippen LogP contribution < -0.4 is 5.32 Å². The van der Waals surface area contributed by atoms with E-state index < -0.39 is 10.0 Å². The first-order chi connectivity index (χ1) is 15.1. The average molecular weight is 442 g/mol. The number of nitrogens with one attached hydrogen (secondary N) is 2. The first-order valence-electron chi connectivity index (χ1n) is 11.9. The van der Waals surface area contributed by atoms with Crippen LogP contribution in [0.3, 0.4) is 0 Å². The van der Waals surface area contributed by atoms with Gasteiger partial charge in [0.1, 0.15) is 0 Å². The van der Waals surface area contributed by atoms with Crippen LogP contribution in [0.2, 0.25) is 0 Å². The minimum Gasteiger partial charge on any atom is -0.322 e. The molecule has 31 heavy (non-hydrogen) atoms. The normalized spacial score (nSPS) is 23.3. The highest BCUT2D eigenvalue weighted by atomic mass is 32.2. The molecule has 8 heteroatoms. The topological polar surface area (TPSA) is 91.0 Å². The maximum atomic E-state index is 13.1. The molecule has 0 spiro atoms. The van der Waals surface area contributed by atoms with Gasteiger partial charge in [0.2, 0.25) is 5.95 Å². The van der Waals surface area contributed by atoms with Crippen LogP contribution in [0.5, 0.6) is 0 Å². The lowest BCUT2D eigenvalue weighted by atomic mass is 9.99. The standard InChI is InChI=1S/C23H31N5O2S/c29-31(30,28-12-11-16(14-28)10-9-15-7-8-15)23-25-22(26-27-23)24-21-19-5-1-3-17(19)13-18-4-2-6-20(18)21/h13,15-16H,1-12,14H2,(H2,24,25,26,27)/t16-/m0/s1. The fourth-order valence-corrected chi connectivity index (χ4v) is 7.11. The van der Waals surface area contributed by atoms with Crippen LogP contribution in [-0.2, 0) is 35.7 Å². The zero-order valence-corrected chi connectivity index (χ0v) is 18.8. The number of aromatic amines is 1. The Labute approximate surface area is 184 Å². The highest BCUT2D eigenvalue weighted by Crippen LogP contribution is 2.40.